The van der Waals surface area contributed by atoms with Crippen molar-refractivity contribution in [2.75, 3.05) is 13.2 Å². The van der Waals surface area contributed by atoms with E-state index in [1.165, 1.54) is 38.8 Å². The largest absolute Gasteiger partial charge is 0.463 e. The van der Waals surface area contributed by atoms with Gasteiger partial charge in [0.25, 0.3) is 0 Å². The van der Waals surface area contributed by atoms with E-state index in [2.05, 4.69) is 84.9 Å². The molecule has 73 heavy (non-hydrogen) atoms. The highest BCUT2D eigenvalue weighted by molar-refractivity contribution is 5.96. The molecular weight excluding hydrogens is 929 g/mol. The van der Waals surface area contributed by atoms with Crippen LogP contribution in [0.4, 0.5) is 0 Å². The molecule has 1 fully saturated rings. The van der Waals surface area contributed by atoms with Crippen molar-refractivity contribution in [3.8, 4) is 0 Å². The van der Waals surface area contributed by atoms with E-state index in [-0.39, 0.29) is 42.0 Å². The Labute approximate surface area is 434 Å². The van der Waals surface area contributed by atoms with Crippen molar-refractivity contribution in [1.82, 2.24) is 0 Å². The van der Waals surface area contributed by atoms with Crippen LogP contribution in [0.25, 0.3) is 0 Å². The van der Waals surface area contributed by atoms with Gasteiger partial charge in [-0.15, -0.1) is 0 Å². The highest BCUT2D eigenvalue weighted by atomic mass is 16.7. The van der Waals surface area contributed by atoms with Crippen molar-refractivity contribution in [3.05, 3.63) is 143 Å². The van der Waals surface area contributed by atoms with Crippen molar-refractivity contribution < 1.29 is 61.9 Å². The van der Waals surface area contributed by atoms with E-state index in [9.17, 15) is 24.0 Å². The van der Waals surface area contributed by atoms with E-state index >= 15 is 0 Å². The summed E-state index contributed by atoms with van der Waals surface area (Å²) in [4.78, 5) is 59.9. The average Bonchev–Trinajstić information content (AvgIpc) is 3.52. The lowest BCUT2D eigenvalue weighted by Crippen LogP contribution is -2.43. The molecule has 2 aliphatic heterocycles. The summed E-state index contributed by atoms with van der Waals surface area (Å²) < 4.78 is 45.9. The first kappa shape index (κ1) is 59.8. The van der Waals surface area contributed by atoms with Crippen molar-refractivity contribution in [3.63, 3.8) is 0 Å². The smallest absolute Gasteiger partial charge is 0.303 e. The second-order valence-electron chi connectivity index (χ2n) is 21.0. The maximum absolute atomic E-state index is 13.8. The number of ether oxygens (including phenoxy) is 8. The number of hydrogen-bond donors (Lipinski definition) is 0. The van der Waals surface area contributed by atoms with Crippen LogP contribution in [0.3, 0.4) is 0 Å². The lowest BCUT2D eigenvalue weighted by Gasteiger charge is -2.40. The minimum atomic E-state index is -0.751. The number of ketones is 1. The van der Waals surface area contributed by atoms with Gasteiger partial charge < -0.3 is 37.9 Å². The van der Waals surface area contributed by atoms with Crippen LogP contribution < -0.4 is 0 Å². The molecule has 13 heteroatoms. The van der Waals surface area contributed by atoms with Gasteiger partial charge in [-0.1, -0.05) is 141 Å². The van der Waals surface area contributed by atoms with Crippen LogP contribution in [0.5, 0.6) is 0 Å². The Bertz CT molecular complexity index is 2370. The Balaban J connectivity index is 1.25. The second kappa shape index (κ2) is 27.5. The highest BCUT2D eigenvalue weighted by Crippen LogP contribution is 2.54. The van der Waals surface area contributed by atoms with Gasteiger partial charge in [-0.05, 0) is 107 Å². The summed E-state index contributed by atoms with van der Waals surface area (Å²) in [5.74, 6) is -1.81. The molecule has 0 aromatic rings. The zero-order chi connectivity index (χ0) is 54.1. The number of carbonyl (C=O) groups is 5. The monoisotopic (exact) mass is 1010 g/mol. The Hall–Kier alpha value is -5.73. The first-order valence-corrected chi connectivity index (χ1v) is 25.2. The maximum Gasteiger partial charge on any atom is 0.303 e. The molecule has 13 nitrogen and oxygen atoms in total. The van der Waals surface area contributed by atoms with E-state index in [0.29, 0.717) is 12.8 Å². The highest BCUT2D eigenvalue weighted by Gasteiger charge is 2.54. The summed E-state index contributed by atoms with van der Waals surface area (Å²) in [6.45, 7) is 26.0. The quantitative estimate of drug-likeness (QED) is 0.0352. The van der Waals surface area contributed by atoms with E-state index in [4.69, 9.17) is 37.9 Å². The van der Waals surface area contributed by atoms with Crippen molar-refractivity contribution in [2.24, 2.45) is 16.2 Å². The Morgan fingerprint density at radius 1 is 0.548 bits per heavy atom. The number of esters is 4. The molecule has 2 aliphatic carbocycles. The molecule has 0 saturated heterocycles. The fourth-order valence-corrected chi connectivity index (χ4v) is 9.37. The number of hydrogen-bond acceptors (Lipinski definition) is 13. The van der Waals surface area contributed by atoms with Gasteiger partial charge in [0, 0.05) is 33.1 Å². The lowest BCUT2D eigenvalue weighted by atomic mass is 9.66. The first-order valence-electron chi connectivity index (χ1n) is 25.2. The third-order valence-corrected chi connectivity index (χ3v) is 13.6. The SMILES string of the molecule is CC(=O)OC[C@H]1O[C@H](O[C@@H]2CC(C)=C(/C=C/C(C)=C/C=C/C(C)=C/C=C/C=C(C)/C=C/C=C(C)/C=C/C(=O)[C@]3(C)C[C@@H](O[C@@H]4C=C[C@H](OC(C)=O)[C@@H](COC(C)=O)O4)CC3(C)C)C(C)(C)C2)C=C[C@@H]1OC(C)=O. The third kappa shape index (κ3) is 19.2. The minimum absolute atomic E-state index is 0.0273. The predicted octanol–water partition coefficient (Wildman–Crippen LogP) is 11.4. The van der Waals surface area contributed by atoms with Gasteiger partial charge in [0.05, 0.1) is 12.2 Å². The molecular formula is C60H80O13. The molecule has 0 N–H and O–H groups in total. The first-order chi connectivity index (χ1) is 34.3. The van der Waals surface area contributed by atoms with Crippen molar-refractivity contribution in [1.29, 1.82) is 0 Å². The fraction of sp³-hybridized carbons (Fsp3) is 0.517. The zero-order valence-corrected chi connectivity index (χ0v) is 45.6. The van der Waals surface area contributed by atoms with Crippen LogP contribution in [0, 0.1) is 16.2 Å². The molecule has 9 atom stereocenters. The molecule has 0 aromatic carbocycles. The summed E-state index contributed by atoms with van der Waals surface area (Å²) >= 11 is 0. The molecule has 0 aromatic heterocycles. The van der Waals surface area contributed by atoms with Gasteiger partial charge in [-0.25, -0.2) is 0 Å². The summed E-state index contributed by atoms with van der Waals surface area (Å²) in [7, 11) is 0. The van der Waals surface area contributed by atoms with E-state index in [1.54, 1.807) is 30.4 Å². The standard InChI is InChI=1S/C60H80O13/c1-39(21-17-23-41(3)25-27-50-43(5)33-48(34-58(50,10)11)70-56-31-28-51(68-46(8)63)53(72-56)37-66-44(6)61)19-15-16-20-40(2)22-18-24-42(4)26-30-55(65)60(14)36-49(35-59(60,12)13)71-57-32-29-52(69-47(9)64)54(73-57)38-67-45(7)62/h15-32,48-49,51-54,56-57H,33-38H2,1-14H3/b16-15+,21-17+,22-18+,27-25+,30-26+,39-19+,40-20+,41-23+,42-24+/t48-,49+,51+,52+,53-,54-,56+,57+,60+/m1/s1. The van der Waals surface area contributed by atoms with Crippen molar-refractivity contribution >= 4 is 29.7 Å². The molecule has 4 aliphatic rings. The molecule has 1 saturated carbocycles. The van der Waals surface area contributed by atoms with Crippen LogP contribution in [-0.2, 0) is 61.9 Å². The van der Waals surface area contributed by atoms with Gasteiger partial charge in [0.2, 0.25) is 0 Å². The van der Waals surface area contributed by atoms with Crippen LogP contribution in [0.15, 0.2) is 143 Å². The van der Waals surface area contributed by atoms with Gasteiger partial charge in [-0.2, -0.15) is 0 Å². The van der Waals surface area contributed by atoms with Crippen LogP contribution >= 0.6 is 0 Å². The van der Waals surface area contributed by atoms with Crippen molar-refractivity contribution in [2.45, 2.75) is 172 Å². The molecule has 4 rings (SSSR count). The summed E-state index contributed by atoms with van der Waals surface area (Å²) in [6.07, 6.45) is 33.2. The minimum Gasteiger partial charge on any atom is -0.463 e. The summed E-state index contributed by atoms with van der Waals surface area (Å²) in [5, 5.41) is 0. The fourth-order valence-electron chi connectivity index (χ4n) is 9.37. The zero-order valence-electron chi connectivity index (χ0n) is 45.6. The molecule has 0 radical (unpaired) electrons. The van der Waals surface area contributed by atoms with Gasteiger partial charge in [0.1, 0.15) is 37.6 Å². The molecule has 0 amide bonds. The topological polar surface area (TPSA) is 159 Å². The Kier molecular flexibility index (Phi) is 22.6. The van der Waals surface area contributed by atoms with Crippen LogP contribution in [-0.4, -0.2) is 92.1 Å². The summed E-state index contributed by atoms with van der Waals surface area (Å²) in [5.41, 5.74) is 5.58. The van der Waals surface area contributed by atoms with Crippen LogP contribution in [0.2, 0.25) is 0 Å². The Morgan fingerprint density at radius 2 is 1.00 bits per heavy atom. The second-order valence-corrected chi connectivity index (χ2v) is 21.0. The molecule has 398 valence electrons. The average molecular weight is 1010 g/mol. The van der Waals surface area contributed by atoms with Gasteiger partial charge in [0.15, 0.2) is 18.4 Å². The van der Waals surface area contributed by atoms with E-state index in [0.717, 1.165) is 35.1 Å². The number of allylic oxidation sites excluding steroid dienone is 19. The number of carbonyl (C=O) groups excluding carboxylic acids is 5. The summed E-state index contributed by atoms with van der Waals surface area (Å²) in [6, 6.07) is 0. The van der Waals surface area contributed by atoms with E-state index < -0.39 is 66.3 Å². The Morgan fingerprint density at radius 3 is 1.47 bits per heavy atom. The predicted molar refractivity (Wildman–Crippen MR) is 282 cm³/mol. The molecule has 2 heterocycles. The molecule has 0 bridgehead atoms. The van der Waals surface area contributed by atoms with Gasteiger partial charge >= 0.3 is 23.9 Å². The third-order valence-electron chi connectivity index (χ3n) is 13.6. The van der Waals surface area contributed by atoms with Crippen LogP contribution in [0.1, 0.15) is 123 Å². The van der Waals surface area contributed by atoms with Gasteiger partial charge in [-0.3, -0.25) is 24.0 Å². The van der Waals surface area contributed by atoms with E-state index in [1.807, 2.05) is 63.3 Å². The molecule has 0 unspecified atom stereocenters. The molecule has 0 spiro atoms. The number of rotatable bonds is 21. The normalized spacial score (nSPS) is 29.0. The maximum atomic E-state index is 13.8. The lowest BCUT2D eigenvalue weighted by molar-refractivity contribution is -0.212.